The number of hydrogen-bond donors (Lipinski definition) is 1. The standard InChI is InChI=1S/C31H33NO5/c1-7-37-25-16-11-21(17-19(25)2)28(33)26-27(20-9-8-10-24(18-20)36-6)32(30(35)29(26)34)23-14-12-22(13-15-23)31(3,4)5/h8-18,27,33H,7H2,1-6H3/b28-26-. The van der Waals surface area contributed by atoms with E-state index >= 15 is 0 Å². The number of nitrogens with zero attached hydrogens (tertiary/aromatic N) is 1. The van der Waals surface area contributed by atoms with Crippen molar-refractivity contribution in [2.75, 3.05) is 18.6 Å². The van der Waals surface area contributed by atoms with Crippen LogP contribution in [0, 0.1) is 6.92 Å². The molecule has 6 heteroatoms. The van der Waals surface area contributed by atoms with Crippen LogP contribution in [0.3, 0.4) is 0 Å². The predicted octanol–water partition coefficient (Wildman–Crippen LogP) is 6.33. The van der Waals surface area contributed by atoms with E-state index < -0.39 is 17.7 Å². The lowest BCUT2D eigenvalue weighted by atomic mass is 9.87. The smallest absolute Gasteiger partial charge is 0.300 e. The summed E-state index contributed by atoms with van der Waals surface area (Å²) in [6, 6.07) is 19.2. The van der Waals surface area contributed by atoms with E-state index in [-0.39, 0.29) is 16.7 Å². The number of methoxy groups -OCH3 is 1. The molecule has 1 unspecified atom stereocenters. The van der Waals surface area contributed by atoms with Crippen molar-refractivity contribution in [1.29, 1.82) is 0 Å². The van der Waals surface area contributed by atoms with Gasteiger partial charge in [0.2, 0.25) is 0 Å². The molecule has 37 heavy (non-hydrogen) atoms. The Morgan fingerprint density at radius 3 is 2.30 bits per heavy atom. The Bertz CT molecular complexity index is 1370. The van der Waals surface area contributed by atoms with Crippen LogP contribution >= 0.6 is 0 Å². The van der Waals surface area contributed by atoms with Crippen LogP contribution < -0.4 is 14.4 Å². The molecular formula is C31H33NO5. The van der Waals surface area contributed by atoms with Gasteiger partial charge in [-0.2, -0.15) is 0 Å². The number of aryl methyl sites for hydroxylation is 1. The van der Waals surface area contributed by atoms with Gasteiger partial charge in [0, 0.05) is 11.3 Å². The van der Waals surface area contributed by atoms with Crippen molar-refractivity contribution >= 4 is 23.1 Å². The van der Waals surface area contributed by atoms with Crippen molar-refractivity contribution in [2.24, 2.45) is 0 Å². The van der Waals surface area contributed by atoms with Gasteiger partial charge in [-0.1, -0.05) is 45.0 Å². The minimum absolute atomic E-state index is 0.0294. The first kappa shape index (κ1) is 26.0. The molecule has 1 heterocycles. The summed E-state index contributed by atoms with van der Waals surface area (Å²) in [4.78, 5) is 28.4. The summed E-state index contributed by atoms with van der Waals surface area (Å²) in [6.45, 7) is 10.6. The summed E-state index contributed by atoms with van der Waals surface area (Å²) >= 11 is 0. The number of ether oxygens (including phenoxy) is 2. The van der Waals surface area contributed by atoms with Crippen molar-refractivity contribution in [2.45, 2.75) is 46.1 Å². The molecule has 1 atom stereocenters. The molecule has 0 radical (unpaired) electrons. The Balaban J connectivity index is 1.90. The monoisotopic (exact) mass is 499 g/mol. The lowest BCUT2D eigenvalue weighted by Gasteiger charge is -2.27. The fourth-order valence-electron chi connectivity index (χ4n) is 4.62. The zero-order valence-electron chi connectivity index (χ0n) is 22.2. The molecule has 1 amide bonds. The van der Waals surface area contributed by atoms with E-state index in [4.69, 9.17) is 9.47 Å². The highest BCUT2D eigenvalue weighted by Crippen LogP contribution is 2.43. The molecule has 4 rings (SSSR count). The fourth-order valence-corrected chi connectivity index (χ4v) is 4.62. The summed E-state index contributed by atoms with van der Waals surface area (Å²) in [5.74, 6) is -0.380. The number of aliphatic hydroxyl groups excluding tert-OH is 1. The molecule has 1 fully saturated rings. The van der Waals surface area contributed by atoms with Crippen molar-refractivity contribution in [1.82, 2.24) is 0 Å². The fraction of sp³-hybridized carbons (Fsp3) is 0.290. The van der Waals surface area contributed by atoms with E-state index in [0.717, 1.165) is 11.1 Å². The Kier molecular flexibility index (Phi) is 7.12. The average molecular weight is 500 g/mol. The topological polar surface area (TPSA) is 76.1 Å². The zero-order chi connectivity index (χ0) is 26.9. The molecule has 1 aliphatic rings. The van der Waals surface area contributed by atoms with Crippen molar-refractivity contribution in [3.63, 3.8) is 0 Å². The van der Waals surface area contributed by atoms with Gasteiger partial charge >= 0.3 is 0 Å². The number of amides is 1. The molecule has 3 aromatic rings. The van der Waals surface area contributed by atoms with Crippen molar-refractivity contribution in [3.8, 4) is 11.5 Å². The van der Waals surface area contributed by atoms with Gasteiger partial charge in [-0.25, -0.2) is 0 Å². The van der Waals surface area contributed by atoms with E-state index in [1.807, 2.05) is 44.2 Å². The first-order valence-electron chi connectivity index (χ1n) is 12.4. The second-order valence-corrected chi connectivity index (χ2v) is 10.2. The van der Waals surface area contributed by atoms with Gasteiger partial charge in [-0.3, -0.25) is 14.5 Å². The van der Waals surface area contributed by atoms with Crippen LogP contribution in [0.1, 0.15) is 56.0 Å². The SMILES string of the molecule is CCOc1ccc(/C(O)=C2/C(=O)C(=O)N(c3ccc(C(C)(C)C)cc3)C2c2cccc(OC)c2)cc1C. The Hall–Kier alpha value is -4.06. The van der Waals surface area contributed by atoms with Crippen LogP contribution in [0.4, 0.5) is 5.69 Å². The van der Waals surface area contributed by atoms with Crippen LogP contribution in [0.2, 0.25) is 0 Å². The van der Waals surface area contributed by atoms with E-state index in [0.29, 0.717) is 34.9 Å². The summed E-state index contributed by atoms with van der Waals surface area (Å²) < 4.78 is 11.0. The third kappa shape index (κ3) is 4.96. The maximum Gasteiger partial charge on any atom is 0.300 e. The summed E-state index contributed by atoms with van der Waals surface area (Å²) in [5.41, 5.74) is 3.56. The number of carbonyl (C=O) groups excluding carboxylic acids is 2. The Morgan fingerprint density at radius 1 is 1.00 bits per heavy atom. The van der Waals surface area contributed by atoms with Gasteiger partial charge in [0.05, 0.1) is 25.3 Å². The van der Waals surface area contributed by atoms with Gasteiger partial charge in [0.25, 0.3) is 11.7 Å². The molecule has 192 valence electrons. The predicted molar refractivity (Wildman–Crippen MR) is 145 cm³/mol. The highest BCUT2D eigenvalue weighted by Gasteiger charge is 2.47. The number of aliphatic hydroxyl groups is 1. The van der Waals surface area contributed by atoms with Crippen LogP contribution in [-0.4, -0.2) is 30.5 Å². The highest BCUT2D eigenvalue weighted by molar-refractivity contribution is 6.51. The maximum atomic E-state index is 13.5. The number of benzene rings is 3. The number of anilines is 1. The Morgan fingerprint density at radius 2 is 1.70 bits per heavy atom. The quantitative estimate of drug-likeness (QED) is 0.244. The minimum atomic E-state index is -0.831. The number of hydrogen-bond acceptors (Lipinski definition) is 5. The van der Waals surface area contributed by atoms with Crippen molar-refractivity contribution < 1.29 is 24.2 Å². The normalized spacial score (nSPS) is 17.2. The van der Waals surface area contributed by atoms with Gasteiger partial charge in [-0.05, 0) is 78.4 Å². The minimum Gasteiger partial charge on any atom is -0.507 e. The molecule has 1 aliphatic heterocycles. The molecule has 0 spiro atoms. The van der Waals surface area contributed by atoms with Crippen LogP contribution in [0.5, 0.6) is 11.5 Å². The lowest BCUT2D eigenvalue weighted by molar-refractivity contribution is -0.132. The van der Waals surface area contributed by atoms with Crippen LogP contribution in [0.25, 0.3) is 5.76 Å². The molecular weight excluding hydrogens is 466 g/mol. The number of Topliss-reactive ketones (excluding diaryl/α,β-unsaturated/α-hetero) is 1. The van der Waals surface area contributed by atoms with E-state index in [2.05, 4.69) is 20.8 Å². The molecule has 0 saturated carbocycles. The average Bonchev–Trinajstić information content (AvgIpc) is 3.14. The number of carbonyl (C=O) groups is 2. The van der Waals surface area contributed by atoms with Crippen LogP contribution in [0.15, 0.2) is 72.3 Å². The van der Waals surface area contributed by atoms with Gasteiger partial charge in [0.15, 0.2) is 0 Å². The molecule has 3 aromatic carbocycles. The van der Waals surface area contributed by atoms with E-state index in [9.17, 15) is 14.7 Å². The molecule has 0 bridgehead atoms. The molecule has 6 nitrogen and oxygen atoms in total. The summed E-state index contributed by atoms with van der Waals surface area (Å²) in [6.07, 6.45) is 0. The molecule has 0 aliphatic carbocycles. The second kappa shape index (κ2) is 10.1. The largest absolute Gasteiger partial charge is 0.507 e. The third-order valence-electron chi connectivity index (χ3n) is 6.61. The second-order valence-electron chi connectivity index (χ2n) is 10.2. The highest BCUT2D eigenvalue weighted by atomic mass is 16.5. The number of rotatable bonds is 6. The maximum absolute atomic E-state index is 13.5. The molecule has 1 saturated heterocycles. The molecule has 1 N–H and O–H groups in total. The van der Waals surface area contributed by atoms with Gasteiger partial charge < -0.3 is 14.6 Å². The van der Waals surface area contributed by atoms with E-state index in [1.54, 1.807) is 43.5 Å². The summed E-state index contributed by atoms with van der Waals surface area (Å²) in [7, 11) is 1.56. The first-order valence-corrected chi connectivity index (χ1v) is 12.4. The summed E-state index contributed by atoms with van der Waals surface area (Å²) in [5, 5.41) is 11.4. The third-order valence-corrected chi connectivity index (χ3v) is 6.61. The molecule has 0 aromatic heterocycles. The van der Waals surface area contributed by atoms with Crippen LogP contribution in [-0.2, 0) is 15.0 Å². The lowest BCUT2D eigenvalue weighted by Crippen LogP contribution is -2.29. The number of ketones is 1. The van der Waals surface area contributed by atoms with Crippen molar-refractivity contribution in [3.05, 3.63) is 94.6 Å². The first-order chi connectivity index (χ1) is 17.6. The Labute approximate surface area is 218 Å². The zero-order valence-corrected chi connectivity index (χ0v) is 22.2. The van der Waals surface area contributed by atoms with Gasteiger partial charge in [0.1, 0.15) is 17.3 Å². The van der Waals surface area contributed by atoms with E-state index in [1.165, 1.54) is 4.90 Å². The van der Waals surface area contributed by atoms with Gasteiger partial charge in [-0.15, -0.1) is 0 Å².